The third-order valence-corrected chi connectivity index (χ3v) is 3.73. The van der Waals surface area contributed by atoms with Gasteiger partial charge < -0.3 is 4.74 Å². The molecule has 0 radical (unpaired) electrons. The number of methoxy groups -OCH3 is 1. The molecule has 0 aliphatic rings. The van der Waals surface area contributed by atoms with Crippen molar-refractivity contribution in [3.8, 4) is 5.75 Å². The largest absolute Gasteiger partial charge is 0.496 e. The summed E-state index contributed by atoms with van der Waals surface area (Å²) in [6.07, 6.45) is 1.62. The van der Waals surface area contributed by atoms with Crippen LogP contribution in [0.4, 0.5) is 0 Å². The summed E-state index contributed by atoms with van der Waals surface area (Å²) >= 11 is 0. The van der Waals surface area contributed by atoms with Gasteiger partial charge in [0.1, 0.15) is 5.75 Å². The number of aryl methyl sites for hydroxylation is 1. The molecule has 3 aromatic carbocycles. The third-order valence-electron chi connectivity index (χ3n) is 3.73. The molecule has 0 heterocycles. The summed E-state index contributed by atoms with van der Waals surface area (Å²) < 4.78 is 5.34. The molecule has 1 amide bonds. The first-order chi connectivity index (χ1) is 11.7. The summed E-state index contributed by atoms with van der Waals surface area (Å²) in [5.74, 6) is 0.221. The first-order valence-electron chi connectivity index (χ1n) is 7.64. The lowest BCUT2D eigenvalue weighted by molar-refractivity contribution is 0.0952. The van der Waals surface area contributed by atoms with Gasteiger partial charge in [0.2, 0.25) is 0 Å². The quantitative estimate of drug-likeness (QED) is 0.585. The lowest BCUT2D eigenvalue weighted by Crippen LogP contribution is -2.18. The van der Waals surface area contributed by atoms with E-state index in [0.717, 1.165) is 21.9 Å². The molecule has 0 aliphatic carbocycles. The van der Waals surface area contributed by atoms with Crippen LogP contribution in [0.15, 0.2) is 65.8 Å². The number of hydrogen-bond donors (Lipinski definition) is 1. The Bertz CT molecular complexity index is 916. The number of hydrazone groups is 1. The van der Waals surface area contributed by atoms with Crippen molar-refractivity contribution in [2.75, 3.05) is 7.11 Å². The van der Waals surface area contributed by atoms with E-state index >= 15 is 0 Å². The number of fused-ring (bicyclic) bond motifs is 1. The Balaban J connectivity index is 1.83. The van der Waals surface area contributed by atoms with E-state index in [1.54, 1.807) is 13.3 Å². The molecule has 0 aliphatic heterocycles. The second kappa shape index (κ2) is 6.96. The topological polar surface area (TPSA) is 50.7 Å². The highest BCUT2D eigenvalue weighted by molar-refractivity contribution is 6.01. The van der Waals surface area contributed by atoms with E-state index in [2.05, 4.69) is 10.5 Å². The van der Waals surface area contributed by atoms with Crippen molar-refractivity contribution in [2.24, 2.45) is 5.10 Å². The van der Waals surface area contributed by atoms with Crippen molar-refractivity contribution in [3.05, 3.63) is 77.4 Å². The molecule has 0 saturated carbocycles. The standard InChI is InChI=1S/C20H18N2O2/c1-14-6-5-7-15(10-14)13-21-22-20(23)18-11-16-8-3-4-9-17(16)12-19(18)24-2/h3-13H,1-2H3,(H,22,23)/b21-13-. The highest BCUT2D eigenvalue weighted by atomic mass is 16.5. The van der Waals surface area contributed by atoms with Crippen LogP contribution in [-0.4, -0.2) is 19.2 Å². The van der Waals surface area contributed by atoms with E-state index in [1.807, 2.05) is 67.6 Å². The van der Waals surface area contributed by atoms with Gasteiger partial charge in [0.15, 0.2) is 0 Å². The van der Waals surface area contributed by atoms with Crippen molar-refractivity contribution in [3.63, 3.8) is 0 Å². The maximum absolute atomic E-state index is 12.4. The minimum atomic E-state index is -0.304. The van der Waals surface area contributed by atoms with Crippen LogP contribution >= 0.6 is 0 Å². The van der Waals surface area contributed by atoms with E-state index in [9.17, 15) is 4.79 Å². The molecule has 0 bridgehead atoms. The Hall–Kier alpha value is -3.14. The first-order valence-corrected chi connectivity index (χ1v) is 7.64. The van der Waals surface area contributed by atoms with Gasteiger partial charge in [0.25, 0.3) is 5.91 Å². The molecule has 0 unspecified atom stereocenters. The molecule has 0 saturated heterocycles. The Morgan fingerprint density at radius 3 is 2.50 bits per heavy atom. The van der Waals surface area contributed by atoms with Crippen molar-refractivity contribution in [2.45, 2.75) is 6.92 Å². The van der Waals surface area contributed by atoms with Crippen molar-refractivity contribution in [1.29, 1.82) is 0 Å². The number of ether oxygens (including phenoxy) is 1. The molecule has 4 nitrogen and oxygen atoms in total. The number of rotatable bonds is 4. The average Bonchev–Trinajstić information content (AvgIpc) is 2.60. The third kappa shape index (κ3) is 3.43. The van der Waals surface area contributed by atoms with Gasteiger partial charge in [-0.2, -0.15) is 5.10 Å². The predicted molar refractivity (Wildman–Crippen MR) is 96.7 cm³/mol. The maximum atomic E-state index is 12.4. The number of amides is 1. The van der Waals surface area contributed by atoms with E-state index in [0.29, 0.717) is 11.3 Å². The van der Waals surface area contributed by atoms with Crippen molar-refractivity contribution in [1.82, 2.24) is 5.43 Å². The van der Waals surface area contributed by atoms with Crippen LogP contribution in [0.2, 0.25) is 0 Å². The summed E-state index contributed by atoms with van der Waals surface area (Å²) in [7, 11) is 1.55. The predicted octanol–water partition coefficient (Wildman–Crippen LogP) is 3.92. The van der Waals surface area contributed by atoms with Crippen LogP contribution in [0.25, 0.3) is 10.8 Å². The van der Waals surface area contributed by atoms with Gasteiger partial charge in [-0.05, 0) is 35.4 Å². The zero-order chi connectivity index (χ0) is 16.9. The van der Waals surface area contributed by atoms with E-state index in [1.165, 1.54) is 0 Å². The molecule has 3 aromatic rings. The van der Waals surface area contributed by atoms with Gasteiger partial charge in [0, 0.05) is 0 Å². The second-order valence-corrected chi connectivity index (χ2v) is 5.51. The summed E-state index contributed by atoms with van der Waals surface area (Å²) in [5.41, 5.74) is 5.08. The molecule has 3 rings (SSSR count). The van der Waals surface area contributed by atoms with Gasteiger partial charge in [-0.3, -0.25) is 4.79 Å². The van der Waals surface area contributed by atoms with Crippen LogP contribution in [0.1, 0.15) is 21.5 Å². The number of nitrogens with one attached hydrogen (secondary N) is 1. The smallest absolute Gasteiger partial charge is 0.275 e. The fourth-order valence-electron chi connectivity index (χ4n) is 2.54. The van der Waals surface area contributed by atoms with Gasteiger partial charge in [-0.15, -0.1) is 0 Å². The number of nitrogens with zero attached hydrogens (tertiary/aromatic N) is 1. The van der Waals surface area contributed by atoms with Crippen LogP contribution in [0, 0.1) is 6.92 Å². The van der Waals surface area contributed by atoms with Crippen LogP contribution < -0.4 is 10.2 Å². The second-order valence-electron chi connectivity index (χ2n) is 5.51. The Kier molecular flexibility index (Phi) is 4.57. The Morgan fingerprint density at radius 2 is 1.79 bits per heavy atom. The summed E-state index contributed by atoms with van der Waals surface area (Å²) in [4.78, 5) is 12.4. The molecule has 0 fully saturated rings. The zero-order valence-corrected chi connectivity index (χ0v) is 13.6. The van der Waals surface area contributed by atoms with E-state index in [-0.39, 0.29) is 5.91 Å². The summed E-state index contributed by atoms with van der Waals surface area (Å²) in [5, 5.41) is 6.03. The van der Waals surface area contributed by atoms with Crippen molar-refractivity contribution >= 4 is 22.9 Å². The molecule has 0 spiro atoms. The Morgan fingerprint density at radius 1 is 1.04 bits per heavy atom. The average molecular weight is 318 g/mol. The Labute approximate surface area is 140 Å². The highest BCUT2D eigenvalue weighted by Crippen LogP contribution is 2.25. The molecule has 120 valence electrons. The van der Waals surface area contributed by atoms with Gasteiger partial charge in [-0.1, -0.05) is 54.1 Å². The fourth-order valence-corrected chi connectivity index (χ4v) is 2.54. The number of benzene rings is 3. The number of hydrogen-bond acceptors (Lipinski definition) is 3. The van der Waals surface area contributed by atoms with Gasteiger partial charge in [0.05, 0.1) is 18.9 Å². The van der Waals surface area contributed by atoms with E-state index < -0.39 is 0 Å². The minimum absolute atomic E-state index is 0.304. The van der Waals surface area contributed by atoms with E-state index in [4.69, 9.17) is 4.74 Å². The van der Waals surface area contributed by atoms with Gasteiger partial charge in [-0.25, -0.2) is 5.43 Å². The summed E-state index contributed by atoms with van der Waals surface area (Å²) in [6.45, 7) is 2.01. The monoisotopic (exact) mass is 318 g/mol. The van der Waals surface area contributed by atoms with Crippen molar-refractivity contribution < 1.29 is 9.53 Å². The van der Waals surface area contributed by atoms with Gasteiger partial charge >= 0.3 is 0 Å². The van der Waals surface area contributed by atoms with Crippen LogP contribution in [0.3, 0.4) is 0 Å². The summed E-state index contributed by atoms with van der Waals surface area (Å²) in [6, 6.07) is 19.4. The first kappa shape index (κ1) is 15.7. The highest BCUT2D eigenvalue weighted by Gasteiger charge is 2.13. The molecular formula is C20H18N2O2. The fraction of sp³-hybridized carbons (Fsp3) is 0.100. The molecular weight excluding hydrogens is 300 g/mol. The number of carbonyl (C=O) groups is 1. The lowest BCUT2D eigenvalue weighted by Gasteiger charge is -2.09. The molecule has 1 N–H and O–H groups in total. The maximum Gasteiger partial charge on any atom is 0.275 e. The number of carbonyl (C=O) groups excluding carboxylic acids is 1. The molecule has 24 heavy (non-hydrogen) atoms. The lowest BCUT2D eigenvalue weighted by atomic mass is 10.1. The zero-order valence-electron chi connectivity index (χ0n) is 13.6. The molecule has 4 heteroatoms. The SMILES string of the molecule is COc1cc2ccccc2cc1C(=O)N/N=C\c1cccc(C)c1. The molecule has 0 atom stereocenters. The molecule has 0 aromatic heterocycles. The normalized spacial score (nSPS) is 10.9. The van der Waals surface area contributed by atoms with Crippen LogP contribution in [-0.2, 0) is 0 Å². The van der Waals surface area contributed by atoms with Crippen LogP contribution in [0.5, 0.6) is 5.75 Å². The minimum Gasteiger partial charge on any atom is -0.496 e.